The van der Waals surface area contributed by atoms with E-state index in [-0.39, 0.29) is 5.91 Å². The number of hydrogen-bond acceptors (Lipinski definition) is 4. The number of amides is 1. The molecule has 0 unspecified atom stereocenters. The number of nitrogens with one attached hydrogen (secondary N) is 1. The van der Waals surface area contributed by atoms with Crippen LogP contribution in [-0.4, -0.2) is 49.1 Å². The molecule has 1 aromatic heterocycles. The fraction of sp³-hybridized carbons (Fsp3) is 0.417. The highest BCUT2D eigenvalue weighted by molar-refractivity contribution is 6.07. The number of pyridine rings is 1. The maximum atomic E-state index is 12.9. The number of piperidine rings is 1. The van der Waals surface area contributed by atoms with Gasteiger partial charge in [-0.1, -0.05) is 25.1 Å². The predicted molar refractivity (Wildman–Crippen MR) is 119 cm³/mol. The topological polar surface area (TPSA) is 54.5 Å². The molecule has 0 radical (unpaired) electrons. The maximum Gasteiger partial charge on any atom is 0.252 e. The molecule has 0 saturated carbocycles. The number of allylic oxidation sites excluding steroid dienone is 2. The van der Waals surface area contributed by atoms with E-state index in [9.17, 15) is 4.79 Å². The summed E-state index contributed by atoms with van der Waals surface area (Å²) >= 11 is 0. The van der Waals surface area contributed by atoms with Crippen LogP contribution in [0.2, 0.25) is 0 Å². The van der Waals surface area contributed by atoms with Crippen molar-refractivity contribution in [3.8, 4) is 0 Å². The third-order valence-corrected chi connectivity index (χ3v) is 5.43. The number of nitrogens with zero attached hydrogens (tertiary/aromatic N) is 2. The molecule has 1 N–H and O–H groups in total. The smallest absolute Gasteiger partial charge is 0.252 e. The van der Waals surface area contributed by atoms with Gasteiger partial charge in [-0.3, -0.25) is 4.79 Å². The summed E-state index contributed by atoms with van der Waals surface area (Å²) in [7, 11) is 1.61. The summed E-state index contributed by atoms with van der Waals surface area (Å²) in [4.78, 5) is 20.1. The van der Waals surface area contributed by atoms with Crippen LogP contribution in [0.3, 0.4) is 0 Å². The first-order chi connectivity index (χ1) is 14.1. The van der Waals surface area contributed by atoms with E-state index in [1.165, 1.54) is 32.4 Å². The quantitative estimate of drug-likeness (QED) is 0.412. The Balaban J connectivity index is 1.72. The van der Waals surface area contributed by atoms with Gasteiger partial charge in [0.15, 0.2) is 0 Å². The van der Waals surface area contributed by atoms with E-state index in [2.05, 4.69) is 21.8 Å². The van der Waals surface area contributed by atoms with Crippen LogP contribution in [0.5, 0.6) is 0 Å². The minimum Gasteiger partial charge on any atom is -0.494 e. The van der Waals surface area contributed by atoms with Crippen LogP contribution in [-0.2, 0) is 4.74 Å². The molecule has 5 heteroatoms. The first kappa shape index (κ1) is 21.1. The van der Waals surface area contributed by atoms with E-state index < -0.39 is 0 Å². The minimum absolute atomic E-state index is 0.0325. The molecule has 0 aliphatic carbocycles. The van der Waals surface area contributed by atoms with Gasteiger partial charge in [0.05, 0.1) is 18.2 Å². The lowest BCUT2D eigenvalue weighted by molar-refractivity contribution is 0.0952. The van der Waals surface area contributed by atoms with Gasteiger partial charge < -0.3 is 15.0 Å². The zero-order valence-corrected chi connectivity index (χ0v) is 17.5. The van der Waals surface area contributed by atoms with E-state index in [0.29, 0.717) is 17.9 Å². The zero-order valence-electron chi connectivity index (χ0n) is 17.5. The SMILES string of the molecule is C=C/C=C(\OC)c1ccc2c(C(=O)NCCCN3CCCCC3)c(C)ccc2n1. The van der Waals surface area contributed by atoms with E-state index >= 15 is 0 Å². The van der Waals surface area contributed by atoms with Crippen molar-refractivity contribution >= 4 is 22.6 Å². The van der Waals surface area contributed by atoms with Crippen molar-refractivity contribution in [2.45, 2.75) is 32.6 Å². The molecule has 1 amide bonds. The number of carbonyl (C=O) groups excluding carboxylic acids is 1. The summed E-state index contributed by atoms with van der Waals surface area (Å²) in [5, 5.41) is 3.96. The number of aromatic nitrogens is 1. The molecule has 2 heterocycles. The van der Waals surface area contributed by atoms with E-state index in [0.717, 1.165) is 35.1 Å². The van der Waals surface area contributed by atoms with Crippen LogP contribution >= 0.6 is 0 Å². The average molecular weight is 394 g/mol. The van der Waals surface area contributed by atoms with E-state index in [1.54, 1.807) is 19.3 Å². The van der Waals surface area contributed by atoms with Crippen LogP contribution in [0.25, 0.3) is 16.7 Å². The number of aryl methyl sites for hydroxylation is 1. The van der Waals surface area contributed by atoms with E-state index in [1.807, 2.05) is 31.2 Å². The lowest BCUT2D eigenvalue weighted by atomic mass is 10.0. The summed E-state index contributed by atoms with van der Waals surface area (Å²) in [5.74, 6) is 0.612. The van der Waals surface area contributed by atoms with Crippen molar-refractivity contribution in [1.82, 2.24) is 15.2 Å². The van der Waals surface area contributed by atoms with Crippen molar-refractivity contribution in [1.29, 1.82) is 0 Å². The molecule has 5 nitrogen and oxygen atoms in total. The van der Waals surface area contributed by atoms with Crippen LogP contribution < -0.4 is 5.32 Å². The lowest BCUT2D eigenvalue weighted by Gasteiger charge is -2.26. The van der Waals surface area contributed by atoms with Gasteiger partial charge in [0.2, 0.25) is 0 Å². The first-order valence-corrected chi connectivity index (χ1v) is 10.4. The summed E-state index contributed by atoms with van der Waals surface area (Å²) in [5.41, 5.74) is 3.15. The molecular weight excluding hydrogens is 362 g/mol. The maximum absolute atomic E-state index is 12.9. The molecule has 0 spiro atoms. The van der Waals surface area contributed by atoms with Crippen LogP contribution in [0.4, 0.5) is 0 Å². The zero-order chi connectivity index (χ0) is 20.6. The molecule has 0 atom stereocenters. The van der Waals surface area contributed by atoms with Crippen molar-refractivity contribution < 1.29 is 9.53 Å². The van der Waals surface area contributed by atoms with Gasteiger partial charge in [0.1, 0.15) is 11.5 Å². The van der Waals surface area contributed by atoms with Crippen LogP contribution in [0, 0.1) is 6.92 Å². The van der Waals surface area contributed by atoms with Crippen molar-refractivity contribution in [2.75, 3.05) is 33.3 Å². The molecule has 1 saturated heterocycles. The third-order valence-electron chi connectivity index (χ3n) is 5.43. The molecule has 0 bridgehead atoms. The highest BCUT2D eigenvalue weighted by Gasteiger charge is 2.15. The number of methoxy groups -OCH3 is 1. The second-order valence-electron chi connectivity index (χ2n) is 7.50. The number of likely N-dealkylation sites (tertiary alicyclic amines) is 1. The Kier molecular flexibility index (Phi) is 7.42. The Morgan fingerprint density at radius 2 is 2.03 bits per heavy atom. The van der Waals surface area contributed by atoms with Gasteiger partial charge in [-0.25, -0.2) is 4.98 Å². The van der Waals surface area contributed by atoms with Gasteiger partial charge in [-0.2, -0.15) is 0 Å². The number of benzene rings is 1. The Bertz CT molecular complexity index is 898. The summed E-state index contributed by atoms with van der Waals surface area (Å²) < 4.78 is 5.39. The Morgan fingerprint density at radius 1 is 1.24 bits per heavy atom. The lowest BCUT2D eigenvalue weighted by Crippen LogP contribution is -2.33. The number of rotatable bonds is 8. The average Bonchev–Trinajstić information content (AvgIpc) is 2.75. The van der Waals surface area contributed by atoms with Gasteiger partial charge in [0.25, 0.3) is 5.91 Å². The number of fused-ring (bicyclic) bond motifs is 1. The standard InChI is InChI=1S/C24H31N3O2/c1-4-9-22(29-3)21-13-11-19-20(26-21)12-10-18(2)23(19)24(28)25-14-8-17-27-15-6-5-7-16-27/h4,9-13H,1,5-8,14-17H2,2-3H3,(H,25,28)/b22-9-. The van der Waals surface area contributed by atoms with Crippen molar-refractivity contribution in [3.05, 3.63) is 59.8 Å². The fourth-order valence-corrected chi connectivity index (χ4v) is 3.89. The van der Waals surface area contributed by atoms with Crippen molar-refractivity contribution in [3.63, 3.8) is 0 Å². The summed E-state index contributed by atoms with van der Waals surface area (Å²) in [6.45, 7) is 9.79. The number of hydrogen-bond donors (Lipinski definition) is 1. The second kappa shape index (κ2) is 10.2. The highest BCUT2D eigenvalue weighted by atomic mass is 16.5. The molecule has 29 heavy (non-hydrogen) atoms. The molecule has 1 aliphatic rings. The minimum atomic E-state index is -0.0325. The Labute approximate surface area is 173 Å². The molecule has 1 fully saturated rings. The van der Waals surface area contributed by atoms with Gasteiger partial charge in [0, 0.05) is 11.9 Å². The molecule has 154 valence electrons. The predicted octanol–water partition coefficient (Wildman–Crippen LogP) is 4.32. The summed E-state index contributed by atoms with van der Waals surface area (Å²) in [6, 6.07) is 7.73. The first-order valence-electron chi connectivity index (χ1n) is 10.4. The highest BCUT2D eigenvalue weighted by Crippen LogP contribution is 2.24. The van der Waals surface area contributed by atoms with E-state index in [4.69, 9.17) is 4.74 Å². The Morgan fingerprint density at radius 3 is 2.76 bits per heavy atom. The van der Waals surface area contributed by atoms with Crippen LogP contribution in [0.1, 0.15) is 47.3 Å². The summed E-state index contributed by atoms with van der Waals surface area (Å²) in [6.07, 6.45) is 8.35. The van der Waals surface area contributed by atoms with Gasteiger partial charge >= 0.3 is 0 Å². The molecule has 1 aliphatic heterocycles. The third kappa shape index (κ3) is 5.24. The van der Waals surface area contributed by atoms with Gasteiger partial charge in [-0.15, -0.1) is 0 Å². The molecule has 1 aromatic carbocycles. The molecular formula is C24H31N3O2. The number of ether oxygens (including phenoxy) is 1. The fourth-order valence-electron chi connectivity index (χ4n) is 3.89. The normalized spacial score (nSPS) is 15.3. The molecule has 3 rings (SSSR count). The largest absolute Gasteiger partial charge is 0.494 e. The van der Waals surface area contributed by atoms with Crippen LogP contribution in [0.15, 0.2) is 43.0 Å². The number of carbonyl (C=O) groups is 1. The van der Waals surface area contributed by atoms with Gasteiger partial charge in [-0.05, 0) is 75.7 Å². The molecule has 2 aromatic rings. The Hall–Kier alpha value is -2.66. The second-order valence-corrected chi connectivity index (χ2v) is 7.50. The monoisotopic (exact) mass is 393 g/mol. The van der Waals surface area contributed by atoms with Crippen molar-refractivity contribution in [2.24, 2.45) is 0 Å².